The predicted octanol–water partition coefficient (Wildman–Crippen LogP) is 4.44. The number of para-hydroxylation sites is 1. The zero-order chi connectivity index (χ0) is 15.0. The molecule has 1 saturated carbocycles. The summed E-state index contributed by atoms with van der Waals surface area (Å²) in [4.78, 5) is 4.40. The van der Waals surface area contributed by atoms with Gasteiger partial charge >= 0.3 is 6.36 Å². The summed E-state index contributed by atoms with van der Waals surface area (Å²) >= 11 is 0. The Morgan fingerprint density at radius 1 is 1.33 bits per heavy atom. The molecule has 0 spiro atoms. The van der Waals surface area contributed by atoms with Crippen LogP contribution in [0.3, 0.4) is 0 Å². The third kappa shape index (κ3) is 3.04. The largest absolute Gasteiger partial charge is 0.573 e. The van der Waals surface area contributed by atoms with Gasteiger partial charge in [0.25, 0.3) is 0 Å². The van der Waals surface area contributed by atoms with Crippen LogP contribution in [0.5, 0.6) is 5.75 Å². The quantitative estimate of drug-likeness (QED) is 0.905. The average molecular weight is 296 g/mol. The first kappa shape index (κ1) is 14.0. The van der Waals surface area contributed by atoms with E-state index in [-0.39, 0.29) is 11.3 Å². The van der Waals surface area contributed by atoms with Gasteiger partial charge in [0, 0.05) is 29.2 Å². The van der Waals surface area contributed by atoms with E-state index in [1.807, 2.05) is 13.0 Å². The highest BCUT2D eigenvalue weighted by Gasteiger charge is 2.33. The van der Waals surface area contributed by atoms with Crippen LogP contribution in [0.25, 0.3) is 10.9 Å². The molecular formula is C15H15F3N2O. The summed E-state index contributed by atoms with van der Waals surface area (Å²) in [5, 5.41) is 3.83. The molecule has 2 aromatic rings. The second-order valence-corrected chi connectivity index (χ2v) is 5.10. The summed E-state index contributed by atoms with van der Waals surface area (Å²) < 4.78 is 41.7. The van der Waals surface area contributed by atoms with Gasteiger partial charge in [-0.05, 0) is 31.9 Å². The number of hydrogen-bond donors (Lipinski definition) is 1. The number of hydrogen-bond acceptors (Lipinski definition) is 3. The summed E-state index contributed by atoms with van der Waals surface area (Å²) in [7, 11) is 0. The highest BCUT2D eigenvalue weighted by Crippen LogP contribution is 2.42. The first-order chi connectivity index (χ1) is 9.98. The molecular weight excluding hydrogens is 281 g/mol. The lowest BCUT2D eigenvalue weighted by Crippen LogP contribution is -2.17. The molecule has 1 aromatic carbocycles. The number of halogens is 3. The van der Waals surface area contributed by atoms with E-state index < -0.39 is 6.36 Å². The van der Waals surface area contributed by atoms with Crippen LogP contribution in [0.2, 0.25) is 0 Å². The second kappa shape index (κ2) is 5.09. The number of pyridine rings is 1. The van der Waals surface area contributed by atoms with E-state index in [2.05, 4.69) is 15.0 Å². The molecule has 21 heavy (non-hydrogen) atoms. The summed E-state index contributed by atoms with van der Waals surface area (Å²) in [6.45, 7) is 2.63. The van der Waals surface area contributed by atoms with Crippen molar-refractivity contribution in [3.63, 3.8) is 0 Å². The maximum atomic E-state index is 12.5. The summed E-state index contributed by atoms with van der Waals surface area (Å²) in [6.07, 6.45) is -2.65. The first-order valence-electron chi connectivity index (χ1n) is 6.91. The Hall–Kier alpha value is -1.98. The Kier molecular flexibility index (Phi) is 3.39. The molecule has 0 amide bonds. The van der Waals surface area contributed by atoms with Gasteiger partial charge in [0.15, 0.2) is 5.75 Å². The Morgan fingerprint density at radius 3 is 2.71 bits per heavy atom. The highest BCUT2D eigenvalue weighted by atomic mass is 19.4. The fourth-order valence-corrected chi connectivity index (χ4v) is 2.37. The number of nitrogens with one attached hydrogen (secondary N) is 1. The molecule has 0 unspecified atom stereocenters. The van der Waals surface area contributed by atoms with Crippen LogP contribution in [0, 0.1) is 0 Å². The summed E-state index contributed by atoms with van der Waals surface area (Å²) in [6, 6.07) is 6.53. The minimum absolute atomic E-state index is 0.248. The van der Waals surface area contributed by atoms with Gasteiger partial charge in [0.2, 0.25) is 0 Å². The number of anilines is 1. The molecule has 3 nitrogen and oxygen atoms in total. The van der Waals surface area contributed by atoms with Crippen molar-refractivity contribution in [3.8, 4) is 5.75 Å². The molecule has 1 aromatic heterocycles. The van der Waals surface area contributed by atoms with Crippen molar-refractivity contribution in [2.75, 3.05) is 11.9 Å². The lowest BCUT2D eigenvalue weighted by molar-refractivity contribution is -0.274. The second-order valence-electron chi connectivity index (χ2n) is 5.10. The maximum absolute atomic E-state index is 12.5. The van der Waals surface area contributed by atoms with Crippen LogP contribution >= 0.6 is 0 Å². The fourth-order valence-electron chi connectivity index (χ4n) is 2.37. The molecule has 1 aliphatic carbocycles. The Balaban J connectivity index is 2.15. The fraction of sp³-hybridized carbons (Fsp3) is 0.400. The number of fused-ring (bicyclic) bond motifs is 1. The third-order valence-corrected chi connectivity index (χ3v) is 3.41. The summed E-state index contributed by atoms with van der Waals surface area (Å²) in [5.41, 5.74) is 1.89. The van der Waals surface area contributed by atoms with E-state index in [9.17, 15) is 13.2 Å². The van der Waals surface area contributed by atoms with Crippen molar-refractivity contribution in [1.29, 1.82) is 0 Å². The molecule has 112 valence electrons. The summed E-state index contributed by atoms with van der Waals surface area (Å²) in [5.74, 6) is 0.104. The molecule has 0 bridgehead atoms. The van der Waals surface area contributed by atoms with Crippen LogP contribution in [0.15, 0.2) is 24.3 Å². The molecule has 0 aliphatic heterocycles. The van der Waals surface area contributed by atoms with E-state index in [0.717, 1.165) is 24.2 Å². The Morgan fingerprint density at radius 2 is 2.10 bits per heavy atom. The van der Waals surface area contributed by atoms with Crippen LogP contribution in [-0.2, 0) is 0 Å². The normalized spacial score (nSPS) is 15.2. The van der Waals surface area contributed by atoms with Crippen molar-refractivity contribution in [2.45, 2.75) is 32.0 Å². The smallest absolute Gasteiger partial charge is 0.403 e. The highest BCUT2D eigenvalue weighted by molar-refractivity contribution is 5.95. The minimum atomic E-state index is -4.72. The van der Waals surface area contributed by atoms with Gasteiger partial charge in [-0.2, -0.15) is 0 Å². The van der Waals surface area contributed by atoms with Gasteiger partial charge < -0.3 is 10.1 Å². The molecule has 6 heteroatoms. The average Bonchev–Trinajstić information content (AvgIpc) is 3.22. The molecule has 1 aliphatic rings. The van der Waals surface area contributed by atoms with E-state index in [4.69, 9.17) is 0 Å². The van der Waals surface area contributed by atoms with E-state index in [1.54, 1.807) is 12.1 Å². The topological polar surface area (TPSA) is 34.2 Å². The minimum Gasteiger partial charge on any atom is -0.403 e. The standard InChI is InChI=1S/C15H15F3N2O/c1-2-19-12-8-11(9-6-7-9)20-14-10(12)4-3-5-13(14)21-15(16,17)18/h3-5,8-9H,2,6-7H2,1H3,(H,19,20). The number of benzene rings is 1. The molecule has 1 fully saturated rings. The van der Waals surface area contributed by atoms with Gasteiger partial charge in [-0.3, -0.25) is 0 Å². The van der Waals surface area contributed by atoms with Gasteiger partial charge in [-0.25, -0.2) is 4.98 Å². The lowest BCUT2D eigenvalue weighted by atomic mass is 10.1. The van der Waals surface area contributed by atoms with Gasteiger partial charge in [0.1, 0.15) is 5.52 Å². The van der Waals surface area contributed by atoms with Crippen molar-refractivity contribution in [1.82, 2.24) is 4.98 Å². The number of nitrogens with zero attached hydrogens (tertiary/aromatic N) is 1. The van der Waals surface area contributed by atoms with Crippen molar-refractivity contribution in [2.24, 2.45) is 0 Å². The molecule has 0 saturated heterocycles. The van der Waals surface area contributed by atoms with E-state index >= 15 is 0 Å². The zero-order valence-corrected chi connectivity index (χ0v) is 11.5. The number of ether oxygens (including phenoxy) is 1. The number of rotatable bonds is 4. The van der Waals surface area contributed by atoms with E-state index in [1.165, 1.54) is 6.07 Å². The SMILES string of the molecule is CCNc1cc(C2CC2)nc2c(OC(F)(F)F)cccc12. The Labute approximate surface area is 120 Å². The van der Waals surface area contributed by atoms with Crippen LogP contribution in [0.1, 0.15) is 31.4 Å². The van der Waals surface area contributed by atoms with Crippen molar-refractivity contribution >= 4 is 16.6 Å². The predicted molar refractivity (Wildman–Crippen MR) is 74.6 cm³/mol. The van der Waals surface area contributed by atoms with Crippen LogP contribution in [-0.4, -0.2) is 17.9 Å². The monoisotopic (exact) mass is 296 g/mol. The third-order valence-electron chi connectivity index (χ3n) is 3.41. The van der Waals surface area contributed by atoms with Crippen LogP contribution < -0.4 is 10.1 Å². The maximum Gasteiger partial charge on any atom is 0.573 e. The lowest BCUT2D eigenvalue weighted by Gasteiger charge is -2.14. The van der Waals surface area contributed by atoms with Gasteiger partial charge in [-0.1, -0.05) is 12.1 Å². The van der Waals surface area contributed by atoms with Crippen molar-refractivity contribution in [3.05, 3.63) is 30.0 Å². The zero-order valence-electron chi connectivity index (χ0n) is 11.5. The number of alkyl halides is 3. The molecule has 1 N–H and O–H groups in total. The van der Waals surface area contributed by atoms with Gasteiger partial charge in [-0.15, -0.1) is 13.2 Å². The first-order valence-corrected chi connectivity index (χ1v) is 6.91. The molecule has 0 atom stereocenters. The molecule has 0 radical (unpaired) electrons. The molecule has 1 heterocycles. The molecule has 3 rings (SSSR count). The number of aromatic nitrogens is 1. The van der Waals surface area contributed by atoms with E-state index in [0.29, 0.717) is 17.8 Å². The van der Waals surface area contributed by atoms with Crippen molar-refractivity contribution < 1.29 is 17.9 Å². The van der Waals surface area contributed by atoms with Crippen LogP contribution in [0.4, 0.5) is 18.9 Å². The van der Waals surface area contributed by atoms with Gasteiger partial charge in [0.05, 0.1) is 0 Å². The Bertz CT molecular complexity index is 666.